The van der Waals surface area contributed by atoms with Crippen molar-refractivity contribution < 1.29 is 48.3 Å². The van der Waals surface area contributed by atoms with Crippen LogP contribution in [0.5, 0.6) is 11.5 Å². The quantitative estimate of drug-likeness (QED) is 0.467. The Morgan fingerprint density at radius 2 is 1.47 bits per heavy atom. The number of hydrogen-bond acceptors (Lipinski definition) is 6. The van der Waals surface area contributed by atoms with Gasteiger partial charge < -0.3 is 4.74 Å². The molecule has 3 rings (SSSR count). The van der Waals surface area contributed by atoms with Crippen molar-refractivity contribution >= 4 is 26.7 Å². The molecule has 16 heteroatoms. The lowest BCUT2D eigenvalue weighted by atomic mass is 10.1. The number of anilines is 1. The van der Waals surface area contributed by atoms with E-state index in [4.69, 9.17) is 0 Å². The molecule has 172 valence electrons. The smallest absolute Gasteiger partial charge is 0.416 e. The summed E-state index contributed by atoms with van der Waals surface area (Å²) in [6, 6.07) is 0.422. The summed E-state index contributed by atoms with van der Waals surface area (Å²) in [5.41, 5.74) is -3.49. The zero-order chi connectivity index (χ0) is 23.9. The van der Waals surface area contributed by atoms with Gasteiger partial charge in [-0.25, -0.2) is 22.2 Å². The fourth-order valence-corrected chi connectivity index (χ4v) is 4.03. The Morgan fingerprint density at radius 3 is 1.97 bits per heavy atom. The molecule has 6 nitrogen and oxygen atoms in total. The van der Waals surface area contributed by atoms with Crippen LogP contribution in [0.3, 0.4) is 0 Å². The van der Waals surface area contributed by atoms with E-state index in [1.807, 2.05) is 4.72 Å². The van der Waals surface area contributed by atoms with Gasteiger partial charge in [-0.15, -0.1) is 0 Å². The van der Waals surface area contributed by atoms with Crippen LogP contribution in [0.15, 0.2) is 41.6 Å². The Morgan fingerprint density at radius 1 is 0.875 bits per heavy atom. The minimum atomic E-state index is -5.20. The number of nitrogens with one attached hydrogen (secondary N) is 1. The summed E-state index contributed by atoms with van der Waals surface area (Å²) < 4.78 is 141. The fraction of sp³-hybridized carbons (Fsp3) is 0.125. The van der Waals surface area contributed by atoms with Crippen molar-refractivity contribution in [2.45, 2.75) is 17.2 Å². The molecule has 1 heterocycles. The Kier molecular flexibility index (Phi) is 6.03. The second-order valence-corrected chi connectivity index (χ2v) is 8.34. The van der Waals surface area contributed by atoms with Gasteiger partial charge in [0.25, 0.3) is 10.0 Å². The van der Waals surface area contributed by atoms with Crippen LogP contribution in [-0.4, -0.2) is 17.8 Å². The molecule has 2 aromatic carbocycles. The minimum absolute atomic E-state index is 0.145. The van der Waals surface area contributed by atoms with Crippen LogP contribution in [0.2, 0.25) is 0 Å². The highest BCUT2D eigenvalue weighted by Gasteiger charge is 2.37. The zero-order valence-electron chi connectivity index (χ0n) is 14.9. The predicted molar refractivity (Wildman–Crippen MR) is 93.6 cm³/mol. The SMILES string of the molecule is O=S(=O)(Nc1ncns1)c1cc(F)c(Oc2cc(C(F)(F)F)cc(C(F)(F)F)c2)cc1F. The van der Waals surface area contributed by atoms with Gasteiger partial charge in [0, 0.05) is 23.7 Å². The van der Waals surface area contributed by atoms with Crippen molar-refractivity contribution in [1.29, 1.82) is 0 Å². The van der Waals surface area contributed by atoms with Gasteiger partial charge in [-0.3, -0.25) is 4.72 Å². The van der Waals surface area contributed by atoms with E-state index < -0.39 is 61.5 Å². The summed E-state index contributed by atoms with van der Waals surface area (Å²) >= 11 is 0.590. The number of ether oxygens (including phenoxy) is 1. The summed E-state index contributed by atoms with van der Waals surface area (Å²) in [6.45, 7) is 0. The van der Waals surface area contributed by atoms with Gasteiger partial charge in [-0.05, 0) is 18.2 Å². The van der Waals surface area contributed by atoms with Crippen LogP contribution < -0.4 is 9.46 Å². The van der Waals surface area contributed by atoms with E-state index in [0.29, 0.717) is 11.5 Å². The molecule has 0 saturated heterocycles. The summed E-state index contributed by atoms with van der Waals surface area (Å²) in [5, 5.41) is -0.270. The molecule has 1 N–H and O–H groups in total. The molecule has 0 atom stereocenters. The average Bonchev–Trinajstić information content (AvgIpc) is 3.15. The molecule has 3 aromatic rings. The first-order valence-electron chi connectivity index (χ1n) is 7.93. The normalized spacial score (nSPS) is 12.6. The van der Waals surface area contributed by atoms with Crippen LogP contribution >= 0.6 is 11.5 Å². The van der Waals surface area contributed by atoms with Crippen molar-refractivity contribution in [2.75, 3.05) is 4.72 Å². The molecule has 0 amide bonds. The maximum Gasteiger partial charge on any atom is 0.416 e. The van der Waals surface area contributed by atoms with Crippen LogP contribution in [0, 0.1) is 11.6 Å². The topological polar surface area (TPSA) is 81.2 Å². The second kappa shape index (κ2) is 8.16. The van der Waals surface area contributed by atoms with Crippen molar-refractivity contribution in [1.82, 2.24) is 9.36 Å². The maximum absolute atomic E-state index is 14.3. The maximum atomic E-state index is 14.3. The lowest BCUT2D eigenvalue weighted by molar-refractivity contribution is -0.143. The largest absolute Gasteiger partial charge is 0.454 e. The highest BCUT2D eigenvalue weighted by molar-refractivity contribution is 7.93. The monoisotopic (exact) mass is 505 g/mol. The van der Waals surface area contributed by atoms with Crippen LogP contribution in [0.25, 0.3) is 0 Å². The molecule has 1 aromatic heterocycles. The van der Waals surface area contributed by atoms with Gasteiger partial charge in [0.2, 0.25) is 5.13 Å². The zero-order valence-corrected chi connectivity index (χ0v) is 16.6. The third kappa shape index (κ3) is 5.24. The third-order valence-electron chi connectivity index (χ3n) is 3.65. The number of nitrogens with zero attached hydrogens (tertiary/aromatic N) is 2. The Labute approximate surface area is 177 Å². The third-order valence-corrected chi connectivity index (χ3v) is 5.71. The van der Waals surface area contributed by atoms with Gasteiger partial charge >= 0.3 is 12.4 Å². The predicted octanol–water partition coefficient (Wildman–Crippen LogP) is 5.45. The van der Waals surface area contributed by atoms with E-state index in [9.17, 15) is 43.5 Å². The highest BCUT2D eigenvalue weighted by atomic mass is 32.2. The van der Waals surface area contributed by atoms with Gasteiger partial charge in [-0.1, -0.05) is 0 Å². The van der Waals surface area contributed by atoms with Gasteiger partial charge in [0.1, 0.15) is 22.8 Å². The molecule has 0 spiro atoms. The van der Waals surface area contributed by atoms with Crippen molar-refractivity contribution in [3.63, 3.8) is 0 Å². The molecule has 0 aliphatic carbocycles. The first kappa shape index (κ1) is 23.6. The molecule has 0 aliphatic heterocycles. The summed E-state index contributed by atoms with van der Waals surface area (Å²) in [6.07, 6.45) is -9.41. The van der Waals surface area contributed by atoms with E-state index in [-0.39, 0.29) is 35.5 Å². The van der Waals surface area contributed by atoms with Crippen molar-refractivity contribution in [2.24, 2.45) is 0 Å². The Bertz CT molecular complexity index is 1210. The van der Waals surface area contributed by atoms with E-state index >= 15 is 0 Å². The van der Waals surface area contributed by atoms with E-state index in [1.54, 1.807) is 0 Å². The molecule has 0 radical (unpaired) electrons. The van der Waals surface area contributed by atoms with Crippen LogP contribution in [0.4, 0.5) is 40.3 Å². The van der Waals surface area contributed by atoms with Gasteiger partial charge in [0.15, 0.2) is 11.6 Å². The summed E-state index contributed by atoms with van der Waals surface area (Å²) in [5.74, 6) is -5.42. The number of hydrogen-bond donors (Lipinski definition) is 1. The van der Waals surface area contributed by atoms with E-state index in [0.717, 1.165) is 6.33 Å². The fourth-order valence-electron chi connectivity index (χ4n) is 2.29. The molecule has 0 saturated carbocycles. The lowest BCUT2D eigenvalue weighted by Crippen LogP contribution is -2.15. The van der Waals surface area contributed by atoms with Crippen molar-refractivity contribution in [3.05, 3.63) is 59.4 Å². The summed E-state index contributed by atoms with van der Waals surface area (Å²) in [7, 11) is -4.69. The molecular weight excluding hydrogens is 498 g/mol. The number of alkyl halides is 6. The van der Waals surface area contributed by atoms with E-state index in [1.165, 1.54) is 0 Å². The molecule has 0 fully saturated rings. The Hall–Kier alpha value is -3.01. The number of halogens is 8. The molecular formula is C16H7F8N3O3S2. The summed E-state index contributed by atoms with van der Waals surface area (Å²) in [4.78, 5) is 2.29. The second-order valence-electron chi connectivity index (χ2n) is 5.91. The lowest BCUT2D eigenvalue weighted by Gasteiger charge is -2.15. The molecule has 0 bridgehead atoms. The molecule has 32 heavy (non-hydrogen) atoms. The highest BCUT2D eigenvalue weighted by Crippen LogP contribution is 2.40. The van der Waals surface area contributed by atoms with E-state index in [2.05, 4.69) is 14.1 Å². The van der Waals surface area contributed by atoms with Crippen LogP contribution in [-0.2, 0) is 22.4 Å². The van der Waals surface area contributed by atoms with Gasteiger partial charge in [0.05, 0.1) is 11.1 Å². The number of aromatic nitrogens is 2. The number of rotatable bonds is 5. The average molecular weight is 505 g/mol. The van der Waals surface area contributed by atoms with Gasteiger partial charge in [-0.2, -0.15) is 30.7 Å². The molecule has 0 unspecified atom stereocenters. The standard InChI is InChI=1S/C16H7F8N3O3S2/c17-10-5-13(32(28,29)27-14-25-6-26-31-14)11(18)4-12(10)30-9-2-7(15(19,20)21)1-8(3-9)16(22,23)24/h1-6H,(H,25,26,27). The minimum Gasteiger partial charge on any atom is -0.454 e. The number of benzene rings is 2. The van der Waals surface area contributed by atoms with Crippen LogP contribution in [0.1, 0.15) is 11.1 Å². The number of sulfonamides is 1. The molecule has 0 aliphatic rings. The Balaban J connectivity index is 1.99. The first-order valence-corrected chi connectivity index (χ1v) is 10.2. The van der Waals surface area contributed by atoms with Crippen molar-refractivity contribution in [3.8, 4) is 11.5 Å². The first-order chi connectivity index (χ1) is 14.7.